The fourth-order valence-corrected chi connectivity index (χ4v) is 4.84. The van der Waals surface area contributed by atoms with Gasteiger partial charge < -0.3 is 9.47 Å². The number of fused-ring (bicyclic) bond motifs is 1. The number of hydrazine groups is 1. The molecule has 2 saturated heterocycles. The maximum Gasteiger partial charge on any atom is 0.428 e. The Kier molecular flexibility index (Phi) is 1.80. The number of ether oxygens (including phenoxy) is 2. The summed E-state index contributed by atoms with van der Waals surface area (Å²) in [4.78, 5) is 23.9. The van der Waals surface area contributed by atoms with E-state index in [1.54, 1.807) is 0 Å². The lowest BCUT2D eigenvalue weighted by Crippen LogP contribution is -2.85. The van der Waals surface area contributed by atoms with Gasteiger partial charge in [-0.2, -0.15) is 0 Å². The summed E-state index contributed by atoms with van der Waals surface area (Å²) >= 11 is 0. The first-order chi connectivity index (χ1) is 8.69. The van der Waals surface area contributed by atoms with E-state index in [1.165, 1.54) is 30.7 Å². The minimum absolute atomic E-state index is 0.126. The number of hydrogen-bond acceptors (Lipinski definition) is 4. The average Bonchev–Trinajstić information content (AvgIpc) is 2.38. The average molecular weight is 252 g/mol. The van der Waals surface area contributed by atoms with E-state index in [-0.39, 0.29) is 12.1 Å². The van der Waals surface area contributed by atoms with E-state index < -0.39 is 12.2 Å². The fourth-order valence-electron chi connectivity index (χ4n) is 4.84. The van der Waals surface area contributed by atoms with E-state index in [0.717, 1.165) is 12.3 Å². The summed E-state index contributed by atoms with van der Waals surface area (Å²) in [5.41, 5.74) is 0. The summed E-state index contributed by atoms with van der Waals surface area (Å²) < 4.78 is 9.64. The molecule has 0 N–H and O–H groups in total. The van der Waals surface area contributed by atoms with Crippen LogP contribution in [0.5, 0.6) is 0 Å². The molecule has 18 heavy (non-hydrogen) atoms. The van der Waals surface area contributed by atoms with E-state index in [2.05, 4.69) is 0 Å². The summed E-state index contributed by atoms with van der Waals surface area (Å²) in [5.74, 6) is 2.49. The van der Waals surface area contributed by atoms with Crippen molar-refractivity contribution in [2.24, 2.45) is 23.7 Å². The Labute approximate surface area is 105 Å². The SMILES string of the molecule is COC(=O)N1C2CC3C4CC2C4C3N1C(=O)OC. The van der Waals surface area contributed by atoms with Crippen LogP contribution >= 0.6 is 0 Å². The van der Waals surface area contributed by atoms with Crippen LogP contribution in [-0.2, 0) is 9.47 Å². The van der Waals surface area contributed by atoms with Crippen molar-refractivity contribution in [1.82, 2.24) is 10.0 Å². The number of carbonyl (C=O) groups excluding carboxylic acids is 2. The molecule has 2 aliphatic heterocycles. The third-order valence-corrected chi connectivity index (χ3v) is 5.48. The molecule has 0 radical (unpaired) electrons. The molecule has 7 fully saturated rings. The second-order valence-electron chi connectivity index (χ2n) is 5.73. The summed E-state index contributed by atoms with van der Waals surface area (Å²) in [6.07, 6.45) is 1.33. The number of hydrogen-bond donors (Lipinski definition) is 0. The molecule has 0 aromatic carbocycles. The highest BCUT2D eigenvalue weighted by molar-refractivity contribution is 5.76. The van der Waals surface area contributed by atoms with Crippen molar-refractivity contribution in [2.45, 2.75) is 24.9 Å². The zero-order chi connectivity index (χ0) is 12.6. The fraction of sp³-hybridized carbons (Fsp3) is 0.833. The molecule has 0 aromatic rings. The summed E-state index contributed by atoms with van der Waals surface area (Å²) in [7, 11) is 2.71. The smallest absolute Gasteiger partial charge is 0.428 e. The van der Waals surface area contributed by atoms with Crippen LogP contribution in [0, 0.1) is 23.7 Å². The predicted octanol–water partition coefficient (Wildman–Crippen LogP) is 1.07. The zero-order valence-electron chi connectivity index (χ0n) is 10.4. The third-order valence-electron chi connectivity index (χ3n) is 5.48. The molecule has 2 amide bonds. The maximum atomic E-state index is 11.9. The first-order valence-electron chi connectivity index (χ1n) is 6.43. The van der Waals surface area contributed by atoms with E-state index in [1.807, 2.05) is 0 Å². The lowest BCUT2D eigenvalue weighted by molar-refractivity contribution is -0.321. The summed E-state index contributed by atoms with van der Waals surface area (Å²) in [6, 6.07) is 0.284. The van der Waals surface area contributed by atoms with Crippen LogP contribution in [0.25, 0.3) is 0 Å². The normalized spacial score (nSPS) is 46.1. The van der Waals surface area contributed by atoms with Crippen LogP contribution in [-0.4, -0.2) is 48.5 Å². The van der Waals surface area contributed by atoms with Gasteiger partial charge in [0.1, 0.15) is 0 Å². The van der Waals surface area contributed by atoms with Gasteiger partial charge in [-0.3, -0.25) is 0 Å². The van der Waals surface area contributed by atoms with Crippen molar-refractivity contribution in [1.29, 1.82) is 0 Å². The van der Waals surface area contributed by atoms with Crippen molar-refractivity contribution in [3.63, 3.8) is 0 Å². The van der Waals surface area contributed by atoms with E-state index in [9.17, 15) is 9.59 Å². The molecule has 98 valence electrons. The lowest BCUT2D eigenvalue weighted by Gasteiger charge is -2.77. The first kappa shape index (κ1) is 10.5. The van der Waals surface area contributed by atoms with Gasteiger partial charge in [-0.15, -0.1) is 0 Å². The molecule has 2 heterocycles. The van der Waals surface area contributed by atoms with E-state index >= 15 is 0 Å². The van der Waals surface area contributed by atoms with Gasteiger partial charge in [0.2, 0.25) is 0 Å². The van der Waals surface area contributed by atoms with Gasteiger partial charge in [-0.25, -0.2) is 19.6 Å². The zero-order valence-corrected chi connectivity index (χ0v) is 10.4. The number of rotatable bonds is 0. The monoisotopic (exact) mass is 252 g/mol. The number of methoxy groups -OCH3 is 2. The standard InChI is InChI=1S/C12H16N2O4/c1-17-11(15)13-8-4-6-5-3-7(8)9(5)10(6)14(13)12(16)18-2/h5-10H,3-4H2,1-2H3. The Bertz CT molecular complexity index is 409. The predicted molar refractivity (Wildman–Crippen MR) is 59.3 cm³/mol. The van der Waals surface area contributed by atoms with Gasteiger partial charge in [0.25, 0.3) is 0 Å². The van der Waals surface area contributed by atoms with Gasteiger partial charge in [-0.05, 0) is 36.5 Å². The molecule has 6 nitrogen and oxygen atoms in total. The Morgan fingerprint density at radius 1 is 0.944 bits per heavy atom. The number of amides is 2. The highest BCUT2D eigenvalue weighted by atomic mass is 16.6. The molecule has 6 bridgehead atoms. The third kappa shape index (κ3) is 0.896. The van der Waals surface area contributed by atoms with E-state index in [4.69, 9.17) is 9.47 Å². The highest BCUT2D eigenvalue weighted by Crippen LogP contribution is 2.70. The maximum absolute atomic E-state index is 11.9. The molecule has 6 heteroatoms. The molecule has 6 atom stereocenters. The van der Waals surface area contributed by atoms with Crippen molar-refractivity contribution in [2.75, 3.05) is 14.2 Å². The number of nitrogens with zero attached hydrogens (tertiary/aromatic N) is 2. The Morgan fingerprint density at radius 3 is 2.17 bits per heavy atom. The van der Waals surface area contributed by atoms with Crippen molar-refractivity contribution in [3.8, 4) is 0 Å². The van der Waals surface area contributed by atoms with Crippen LogP contribution in [0.4, 0.5) is 9.59 Å². The molecule has 7 aliphatic rings. The van der Waals surface area contributed by atoms with E-state index in [0.29, 0.717) is 17.8 Å². The Morgan fingerprint density at radius 2 is 1.61 bits per heavy atom. The van der Waals surface area contributed by atoms with Crippen molar-refractivity contribution >= 4 is 12.2 Å². The molecule has 6 unspecified atom stereocenters. The molecule has 5 saturated carbocycles. The minimum atomic E-state index is -0.447. The largest absolute Gasteiger partial charge is 0.452 e. The van der Waals surface area contributed by atoms with Crippen molar-refractivity contribution in [3.05, 3.63) is 0 Å². The minimum Gasteiger partial charge on any atom is -0.452 e. The quantitative estimate of drug-likeness (QED) is 0.647. The molecule has 7 rings (SSSR count). The van der Waals surface area contributed by atoms with Crippen LogP contribution in [0.1, 0.15) is 12.8 Å². The van der Waals surface area contributed by atoms with Gasteiger partial charge in [0.05, 0.1) is 26.3 Å². The summed E-state index contributed by atoms with van der Waals surface area (Å²) in [6.45, 7) is 0. The molecule has 0 spiro atoms. The van der Waals surface area contributed by atoms with Crippen LogP contribution in [0.15, 0.2) is 0 Å². The van der Waals surface area contributed by atoms with Gasteiger partial charge in [-0.1, -0.05) is 0 Å². The summed E-state index contributed by atoms with van der Waals surface area (Å²) in [5, 5.41) is 3.02. The van der Waals surface area contributed by atoms with Crippen LogP contribution in [0.2, 0.25) is 0 Å². The molecule has 5 aliphatic carbocycles. The second kappa shape index (κ2) is 3.10. The molecule has 0 aromatic heterocycles. The molecular weight excluding hydrogens is 236 g/mol. The molecular formula is C12H16N2O4. The van der Waals surface area contributed by atoms with Crippen LogP contribution in [0.3, 0.4) is 0 Å². The first-order valence-corrected chi connectivity index (χ1v) is 6.43. The Balaban J connectivity index is 1.71. The van der Waals surface area contributed by atoms with Gasteiger partial charge in [0.15, 0.2) is 0 Å². The van der Waals surface area contributed by atoms with Crippen molar-refractivity contribution < 1.29 is 19.1 Å². The Hall–Kier alpha value is -1.46. The van der Waals surface area contributed by atoms with Crippen LogP contribution < -0.4 is 0 Å². The van der Waals surface area contributed by atoms with Gasteiger partial charge in [0, 0.05) is 0 Å². The number of carbonyl (C=O) groups is 2. The lowest BCUT2D eigenvalue weighted by atomic mass is 9.36. The topological polar surface area (TPSA) is 59.1 Å². The van der Waals surface area contributed by atoms with Gasteiger partial charge >= 0.3 is 12.2 Å². The highest BCUT2D eigenvalue weighted by Gasteiger charge is 2.75. The second-order valence-corrected chi connectivity index (χ2v) is 5.73.